The fourth-order valence-electron chi connectivity index (χ4n) is 5.98. The summed E-state index contributed by atoms with van der Waals surface area (Å²) in [7, 11) is 2.12. The van der Waals surface area contributed by atoms with E-state index in [9.17, 15) is 19.5 Å². The van der Waals surface area contributed by atoms with E-state index in [0.29, 0.717) is 51.7 Å². The highest BCUT2D eigenvalue weighted by Crippen LogP contribution is 2.36. The number of nitrogens with one attached hydrogen (secondary N) is 1. The number of aliphatic imine (C=N–C) groups is 1. The molecule has 0 spiro atoms. The molecule has 2 aromatic rings. The number of carbonyl (C=O) groups is 3. The van der Waals surface area contributed by atoms with Gasteiger partial charge in [0.2, 0.25) is 0 Å². The van der Waals surface area contributed by atoms with Gasteiger partial charge in [-0.25, -0.2) is 0 Å². The van der Waals surface area contributed by atoms with Crippen molar-refractivity contribution in [2.75, 3.05) is 58.2 Å². The number of fused-ring (bicyclic) bond motifs is 2. The molecule has 2 amide bonds. The van der Waals surface area contributed by atoms with Crippen LogP contribution >= 0.6 is 11.6 Å². The normalized spacial score (nSPS) is 22.6. The highest BCUT2D eigenvalue weighted by molar-refractivity contribution is 6.30. The van der Waals surface area contributed by atoms with Gasteiger partial charge in [0, 0.05) is 62.0 Å². The number of aliphatic hydroxyl groups excluding tert-OH is 1. The van der Waals surface area contributed by atoms with Gasteiger partial charge in [0.25, 0.3) is 11.8 Å². The fraction of sp³-hybridized carbons (Fsp3) is 0.375. The average molecular weight is 588 g/mol. The first kappa shape index (κ1) is 28.5. The topological polar surface area (TPSA) is 106 Å². The number of hydrogen-bond acceptors (Lipinski definition) is 8. The van der Waals surface area contributed by atoms with Crippen molar-refractivity contribution in [1.82, 2.24) is 14.7 Å². The van der Waals surface area contributed by atoms with Crippen molar-refractivity contribution in [1.29, 1.82) is 0 Å². The van der Waals surface area contributed by atoms with E-state index < -0.39 is 6.10 Å². The number of carbonyl (C=O) groups excluding carboxylic acids is 3. The Kier molecular flexibility index (Phi) is 8.09. The third-order valence-corrected chi connectivity index (χ3v) is 8.62. The fourth-order valence-corrected chi connectivity index (χ4v) is 6.18. The number of anilines is 1. The van der Waals surface area contributed by atoms with Gasteiger partial charge in [-0.1, -0.05) is 29.8 Å². The Balaban J connectivity index is 1.16. The van der Waals surface area contributed by atoms with Gasteiger partial charge in [0.05, 0.1) is 35.1 Å². The summed E-state index contributed by atoms with van der Waals surface area (Å²) in [5, 5.41) is 14.5. The summed E-state index contributed by atoms with van der Waals surface area (Å²) < 4.78 is 0. The number of amides is 2. The van der Waals surface area contributed by atoms with Gasteiger partial charge in [0.1, 0.15) is 0 Å². The van der Waals surface area contributed by atoms with Crippen molar-refractivity contribution < 1.29 is 19.5 Å². The van der Waals surface area contributed by atoms with Crippen LogP contribution in [-0.2, 0) is 11.2 Å². The van der Waals surface area contributed by atoms with E-state index in [2.05, 4.69) is 27.2 Å². The van der Waals surface area contributed by atoms with E-state index >= 15 is 0 Å². The van der Waals surface area contributed by atoms with Crippen LogP contribution in [0.15, 0.2) is 64.8 Å². The Bertz CT molecular complexity index is 1490. The van der Waals surface area contributed by atoms with Crippen molar-refractivity contribution in [3.63, 3.8) is 0 Å². The molecule has 0 aromatic heterocycles. The Morgan fingerprint density at radius 3 is 2.55 bits per heavy atom. The standard InChI is InChI=1S/C32H34ClN5O4/c1-36-11-13-37(14-12-36)9-4-10-38-31(41)23-16-21-17-27(35-26(21)18-24(23)32(38)42)30-25(7-3-8-28(30)39)34-19-29(40)20-5-2-6-22(33)15-20/h2-3,5-7,15-16,18,29,35,40H,4,8-14,17,19H2,1H3/t29-/m1/s1. The predicted octanol–water partition coefficient (Wildman–Crippen LogP) is 3.50. The second-order valence-corrected chi connectivity index (χ2v) is 11.7. The minimum Gasteiger partial charge on any atom is -0.386 e. The molecule has 218 valence electrons. The Hall–Kier alpha value is -3.63. The van der Waals surface area contributed by atoms with Crippen molar-refractivity contribution in [3.05, 3.63) is 87.1 Å². The summed E-state index contributed by atoms with van der Waals surface area (Å²) in [5.74, 6) is -0.603. The van der Waals surface area contributed by atoms with E-state index in [-0.39, 0.29) is 30.6 Å². The van der Waals surface area contributed by atoms with Gasteiger partial charge in [-0.2, -0.15) is 0 Å². The number of imide groups is 1. The lowest BCUT2D eigenvalue weighted by Crippen LogP contribution is -2.45. The quantitative estimate of drug-likeness (QED) is 0.377. The molecule has 3 heterocycles. The van der Waals surface area contributed by atoms with Crippen LogP contribution in [0.4, 0.5) is 5.69 Å². The molecule has 1 atom stereocenters. The minimum atomic E-state index is -0.869. The van der Waals surface area contributed by atoms with E-state index in [4.69, 9.17) is 11.6 Å². The summed E-state index contributed by atoms with van der Waals surface area (Å²) in [6.45, 7) is 5.39. The number of benzene rings is 2. The summed E-state index contributed by atoms with van der Waals surface area (Å²) in [6.07, 6.45) is 4.11. The number of ketones is 1. The number of hydrogen-bond donors (Lipinski definition) is 2. The summed E-state index contributed by atoms with van der Waals surface area (Å²) in [4.78, 5) is 50.2. The molecule has 42 heavy (non-hydrogen) atoms. The first-order valence-corrected chi connectivity index (χ1v) is 14.8. The lowest BCUT2D eigenvalue weighted by atomic mass is 9.93. The number of likely N-dealkylation sites (N-methyl/N-ethyl adjacent to an activating group) is 1. The molecule has 2 N–H and O–H groups in total. The average Bonchev–Trinajstić information content (AvgIpc) is 3.49. The Morgan fingerprint density at radius 2 is 1.79 bits per heavy atom. The molecular weight excluding hydrogens is 554 g/mol. The zero-order valence-electron chi connectivity index (χ0n) is 23.6. The zero-order valence-corrected chi connectivity index (χ0v) is 24.4. The van der Waals surface area contributed by atoms with E-state index in [1.807, 2.05) is 0 Å². The van der Waals surface area contributed by atoms with Crippen LogP contribution in [0, 0.1) is 0 Å². The van der Waals surface area contributed by atoms with Crippen LogP contribution in [0.2, 0.25) is 5.02 Å². The molecule has 6 rings (SSSR count). The SMILES string of the molecule is CN1CCN(CCCN2C(=O)c3cc4c(cc3C2=O)NC(=C2C(=O)CC=CC2=NC[C@@H](O)c2cccc(Cl)c2)C4)CC1. The van der Waals surface area contributed by atoms with Crippen LogP contribution in [0.1, 0.15) is 50.8 Å². The number of halogens is 1. The van der Waals surface area contributed by atoms with Crippen LogP contribution in [-0.4, -0.2) is 96.0 Å². The lowest BCUT2D eigenvalue weighted by Gasteiger charge is -2.32. The van der Waals surface area contributed by atoms with Gasteiger partial charge in [0.15, 0.2) is 5.78 Å². The predicted molar refractivity (Wildman–Crippen MR) is 162 cm³/mol. The number of piperazine rings is 1. The number of Topliss-reactive ketones (excluding diaryl/α,β-unsaturated/α-hetero) is 1. The third kappa shape index (κ3) is 5.70. The van der Waals surface area contributed by atoms with Crippen molar-refractivity contribution in [2.24, 2.45) is 4.99 Å². The third-order valence-electron chi connectivity index (χ3n) is 8.38. The van der Waals surface area contributed by atoms with E-state index in [1.165, 1.54) is 4.90 Å². The molecule has 0 unspecified atom stereocenters. The molecule has 0 radical (unpaired) electrons. The molecule has 1 saturated heterocycles. The summed E-state index contributed by atoms with van der Waals surface area (Å²) >= 11 is 6.06. The smallest absolute Gasteiger partial charge is 0.261 e. The highest BCUT2D eigenvalue weighted by atomic mass is 35.5. The summed E-state index contributed by atoms with van der Waals surface area (Å²) in [5.41, 5.74) is 4.68. The first-order chi connectivity index (χ1) is 20.3. The summed E-state index contributed by atoms with van der Waals surface area (Å²) in [6, 6.07) is 10.5. The van der Waals surface area contributed by atoms with E-state index in [0.717, 1.165) is 50.4 Å². The lowest BCUT2D eigenvalue weighted by molar-refractivity contribution is -0.114. The van der Waals surface area contributed by atoms with Gasteiger partial charge in [-0.3, -0.25) is 24.3 Å². The molecule has 1 fully saturated rings. The van der Waals surface area contributed by atoms with Crippen LogP contribution in [0.3, 0.4) is 0 Å². The molecule has 4 aliphatic rings. The Labute approximate surface area is 250 Å². The zero-order chi connectivity index (χ0) is 29.4. The molecular formula is C32H34ClN5O4. The van der Waals surface area contributed by atoms with Gasteiger partial charge >= 0.3 is 0 Å². The van der Waals surface area contributed by atoms with Crippen molar-refractivity contribution in [3.8, 4) is 0 Å². The second-order valence-electron chi connectivity index (χ2n) is 11.3. The van der Waals surface area contributed by atoms with Gasteiger partial charge in [-0.05, 0) is 61.5 Å². The molecule has 10 heteroatoms. The molecule has 3 aliphatic heterocycles. The maximum atomic E-state index is 13.2. The van der Waals surface area contributed by atoms with Crippen LogP contribution in [0.5, 0.6) is 0 Å². The minimum absolute atomic E-state index is 0.0684. The van der Waals surface area contributed by atoms with Crippen molar-refractivity contribution in [2.45, 2.75) is 25.4 Å². The van der Waals surface area contributed by atoms with Crippen molar-refractivity contribution >= 4 is 40.6 Å². The monoisotopic (exact) mass is 587 g/mol. The first-order valence-electron chi connectivity index (χ1n) is 14.4. The largest absolute Gasteiger partial charge is 0.386 e. The van der Waals surface area contributed by atoms with Gasteiger partial charge < -0.3 is 20.2 Å². The number of nitrogens with zero attached hydrogens (tertiary/aromatic N) is 4. The van der Waals surface area contributed by atoms with Gasteiger partial charge in [-0.15, -0.1) is 0 Å². The molecule has 0 saturated carbocycles. The van der Waals surface area contributed by atoms with Crippen LogP contribution < -0.4 is 5.32 Å². The molecule has 0 bridgehead atoms. The molecule has 9 nitrogen and oxygen atoms in total. The molecule has 1 aliphatic carbocycles. The number of aliphatic hydroxyl groups is 1. The Morgan fingerprint density at radius 1 is 1.02 bits per heavy atom. The maximum absolute atomic E-state index is 13.2. The maximum Gasteiger partial charge on any atom is 0.261 e. The second kappa shape index (κ2) is 11.9. The highest BCUT2D eigenvalue weighted by Gasteiger charge is 2.38. The number of allylic oxidation sites excluding steroid dienone is 4. The van der Waals surface area contributed by atoms with E-state index in [1.54, 1.807) is 48.6 Å². The van der Waals surface area contributed by atoms with Crippen LogP contribution in [0.25, 0.3) is 0 Å². The number of rotatable bonds is 7. The molecule has 2 aromatic carbocycles.